The van der Waals surface area contributed by atoms with Gasteiger partial charge in [-0.3, -0.25) is 4.99 Å². The minimum absolute atomic E-state index is 0.476. The van der Waals surface area contributed by atoms with E-state index in [2.05, 4.69) is 38.9 Å². The number of aliphatic imine (C=N–C) groups is 1. The fourth-order valence-corrected chi connectivity index (χ4v) is 1.79. The molecule has 0 aromatic heterocycles. The Morgan fingerprint density at radius 3 is 2.71 bits per heavy atom. The second kappa shape index (κ2) is 9.03. The van der Waals surface area contributed by atoms with Crippen LogP contribution >= 0.6 is 9.24 Å². The van der Waals surface area contributed by atoms with Crippen molar-refractivity contribution in [3.63, 3.8) is 0 Å². The van der Waals surface area contributed by atoms with E-state index in [1.165, 1.54) is 12.8 Å². The van der Waals surface area contributed by atoms with Crippen molar-refractivity contribution < 1.29 is 0 Å². The maximum atomic E-state index is 5.14. The third-order valence-corrected chi connectivity index (χ3v) is 2.62. The van der Waals surface area contributed by atoms with E-state index in [0.717, 1.165) is 13.0 Å². The van der Waals surface area contributed by atoms with E-state index in [-0.39, 0.29) is 0 Å². The zero-order chi connectivity index (χ0) is 10.8. The maximum Gasteiger partial charge on any atom is 0.101 e. The summed E-state index contributed by atoms with van der Waals surface area (Å²) in [6.07, 6.45) is 10.5. The molecule has 80 valence electrons. The Morgan fingerprint density at radius 2 is 2.21 bits per heavy atom. The summed E-state index contributed by atoms with van der Waals surface area (Å²) in [4.78, 5) is 6.41. The molecule has 2 nitrogen and oxygen atoms in total. The highest BCUT2D eigenvalue weighted by atomic mass is 31.0. The second-order valence-electron chi connectivity index (χ2n) is 3.25. The van der Waals surface area contributed by atoms with Crippen LogP contribution in [0.1, 0.15) is 33.1 Å². The van der Waals surface area contributed by atoms with E-state index in [1.807, 2.05) is 6.34 Å². The van der Waals surface area contributed by atoms with Crippen LogP contribution in [0.4, 0.5) is 0 Å². The van der Waals surface area contributed by atoms with E-state index in [0.29, 0.717) is 12.3 Å². The molecule has 0 radical (unpaired) electrons. The molecule has 0 aliphatic rings. The minimum Gasteiger partial charge on any atom is -0.357 e. The topological polar surface area (TPSA) is 15.6 Å². The Labute approximate surface area is 90.4 Å². The first kappa shape index (κ1) is 13.5. The van der Waals surface area contributed by atoms with Crippen LogP contribution in [0.5, 0.6) is 0 Å². The van der Waals surface area contributed by atoms with E-state index in [9.17, 15) is 0 Å². The molecule has 2 unspecified atom stereocenters. The van der Waals surface area contributed by atoms with Crippen molar-refractivity contribution in [1.29, 1.82) is 0 Å². The summed E-state index contributed by atoms with van der Waals surface area (Å²) in [5.41, 5.74) is 0. The fraction of sp³-hybridized carbons (Fsp3) is 0.727. The van der Waals surface area contributed by atoms with E-state index in [4.69, 9.17) is 6.42 Å². The van der Waals surface area contributed by atoms with Crippen LogP contribution in [-0.2, 0) is 0 Å². The Bertz CT molecular complexity index is 196. The van der Waals surface area contributed by atoms with E-state index >= 15 is 0 Å². The molecule has 0 aliphatic carbocycles. The van der Waals surface area contributed by atoms with Crippen molar-refractivity contribution in [2.45, 2.75) is 38.9 Å². The summed E-state index contributed by atoms with van der Waals surface area (Å²) in [6.45, 7) is 5.89. The van der Waals surface area contributed by atoms with Crippen LogP contribution in [0, 0.1) is 12.3 Å². The fourth-order valence-electron chi connectivity index (χ4n) is 1.23. The average molecular weight is 212 g/mol. The van der Waals surface area contributed by atoms with Gasteiger partial charge in [-0.2, -0.15) is 0 Å². The van der Waals surface area contributed by atoms with Gasteiger partial charge in [0.1, 0.15) is 6.54 Å². The van der Waals surface area contributed by atoms with Crippen molar-refractivity contribution >= 4 is 15.6 Å². The third kappa shape index (κ3) is 6.00. The van der Waals surface area contributed by atoms with Gasteiger partial charge in [-0.15, -0.1) is 15.7 Å². The predicted molar refractivity (Wildman–Crippen MR) is 67.6 cm³/mol. The molecule has 0 aliphatic heterocycles. The smallest absolute Gasteiger partial charge is 0.101 e. The monoisotopic (exact) mass is 212 g/mol. The van der Waals surface area contributed by atoms with Crippen LogP contribution < -0.4 is 0 Å². The summed E-state index contributed by atoms with van der Waals surface area (Å²) >= 11 is 0. The molecule has 0 bridgehead atoms. The molecular weight excluding hydrogens is 191 g/mol. The summed E-state index contributed by atoms with van der Waals surface area (Å²) in [5.74, 6) is 2.99. The highest BCUT2D eigenvalue weighted by Gasteiger charge is 2.07. The second-order valence-corrected chi connectivity index (χ2v) is 4.02. The van der Waals surface area contributed by atoms with Crippen LogP contribution in [0.3, 0.4) is 0 Å². The van der Waals surface area contributed by atoms with Gasteiger partial charge in [0.2, 0.25) is 0 Å². The van der Waals surface area contributed by atoms with Gasteiger partial charge in [0.15, 0.2) is 0 Å². The lowest BCUT2D eigenvalue weighted by Crippen LogP contribution is -2.30. The lowest BCUT2D eigenvalue weighted by atomic mass is 10.3. The minimum atomic E-state index is 0.476. The quantitative estimate of drug-likeness (QED) is 0.274. The SMILES string of the molecule is C#CC/N=C\N(CCC)C(P)CCC. The highest BCUT2D eigenvalue weighted by Crippen LogP contribution is 2.12. The van der Waals surface area contributed by atoms with E-state index < -0.39 is 0 Å². The molecule has 2 atom stereocenters. The predicted octanol–water partition coefficient (Wildman–Crippen LogP) is 2.36. The Morgan fingerprint density at radius 1 is 1.50 bits per heavy atom. The average Bonchev–Trinajstić information content (AvgIpc) is 2.17. The molecule has 0 aromatic rings. The standard InChI is InChI=1S/C11H21N2P/c1-4-7-11(14)13(9-6-3)10-12-8-5-2/h2,10-11H,4,6-9,14H2,1,3H3/b12-10-. The van der Waals surface area contributed by atoms with Crippen LogP contribution in [0.25, 0.3) is 0 Å². The van der Waals surface area contributed by atoms with Crippen molar-refractivity contribution in [2.24, 2.45) is 4.99 Å². The van der Waals surface area contributed by atoms with Gasteiger partial charge in [0.05, 0.1) is 6.34 Å². The molecule has 0 fully saturated rings. The molecule has 0 saturated heterocycles. The van der Waals surface area contributed by atoms with Crippen molar-refractivity contribution in [3.05, 3.63) is 0 Å². The molecular formula is C11H21N2P. The van der Waals surface area contributed by atoms with Gasteiger partial charge in [0, 0.05) is 12.3 Å². The number of rotatable bonds is 7. The first-order chi connectivity index (χ1) is 6.76. The Hall–Kier alpha value is -0.540. The lowest BCUT2D eigenvalue weighted by Gasteiger charge is -2.26. The van der Waals surface area contributed by atoms with Gasteiger partial charge in [-0.25, -0.2) is 0 Å². The molecule has 0 heterocycles. The number of nitrogens with zero attached hydrogens (tertiary/aromatic N) is 2. The number of hydrogen-bond donors (Lipinski definition) is 0. The van der Waals surface area contributed by atoms with E-state index in [1.54, 1.807) is 0 Å². The van der Waals surface area contributed by atoms with Crippen LogP contribution in [0.2, 0.25) is 0 Å². The summed E-state index contributed by atoms with van der Waals surface area (Å²) in [5, 5.41) is 0. The van der Waals surface area contributed by atoms with Crippen molar-refractivity contribution in [1.82, 2.24) is 4.90 Å². The molecule has 0 spiro atoms. The Balaban J connectivity index is 4.06. The number of hydrogen-bond acceptors (Lipinski definition) is 1. The number of terminal acetylenes is 1. The molecule has 0 N–H and O–H groups in total. The van der Waals surface area contributed by atoms with Crippen molar-refractivity contribution in [2.75, 3.05) is 13.1 Å². The lowest BCUT2D eigenvalue weighted by molar-refractivity contribution is 0.386. The normalized spacial score (nSPS) is 12.7. The maximum absolute atomic E-state index is 5.14. The van der Waals surface area contributed by atoms with Crippen LogP contribution in [0.15, 0.2) is 4.99 Å². The molecule has 3 heteroatoms. The first-order valence-corrected chi connectivity index (χ1v) is 5.87. The van der Waals surface area contributed by atoms with Crippen molar-refractivity contribution in [3.8, 4) is 12.3 Å². The Kier molecular flexibility index (Phi) is 8.68. The summed E-state index contributed by atoms with van der Waals surface area (Å²) < 4.78 is 0. The third-order valence-electron chi connectivity index (χ3n) is 1.90. The zero-order valence-electron chi connectivity index (χ0n) is 9.24. The largest absolute Gasteiger partial charge is 0.357 e. The molecule has 14 heavy (non-hydrogen) atoms. The van der Waals surface area contributed by atoms with Gasteiger partial charge in [0.25, 0.3) is 0 Å². The van der Waals surface area contributed by atoms with Gasteiger partial charge in [-0.05, 0) is 12.8 Å². The van der Waals surface area contributed by atoms with Gasteiger partial charge < -0.3 is 4.90 Å². The molecule has 0 aromatic carbocycles. The zero-order valence-corrected chi connectivity index (χ0v) is 10.4. The molecule has 0 rings (SSSR count). The first-order valence-electron chi connectivity index (χ1n) is 5.21. The van der Waals surface area contributed by atoms with Gasteiger partial charge >= 0.3 is 0 Å². The van der Waals surface area contributed by atoms with Crippen LogP contribution in [-0.4, -0.2) is 30.1 Å². The van der Waals surface area contributed by atoms with Gasteiger partial charge in [-0.1, -0.05) is 26.2 Å². The summed E-state index contributed by atoms with van der Waals surface area (Å²) in [6, 6.07) is 0. The summed E-state index contributed by atoms with van der Waals surface area (Å²) in [7, 11) is 2.86. The molecule has 0 saturated carbocycles. The highest BCUT2D eigenvalue weighted by molar-refractivity contribution is 7.17. The molecule has 0 amide bonds.